The Morgan fingerprint density at radius 3 is 2.48 bits per heavy atom. The van der Waals surface area contributed by atoms with E-state index in [2.05, 4.69) is 9.71 Å². The minimum Gasteiger partial charge on any atom is -0.294 e. The largest absolute Gasteiger partial charge is 0.408 e. The molecule has 0 saturated heterocycles. The van der Waals surface area contributed by atoms with Crippen molar-refractivity contribution in [2.75, 3.05) is 11.9 Å². The molecule has 1 aliphatic rings. The van der Waals surface area contributed by atoms with Crippen LogP contribution in [0.4, 0.5) is 27.8 Å². The number of halogens is 6. The molecule has 1 N–H and O–H groups in total. The second kappa shape index (κ2) is 6.92. The maximum atomic E-state index is 14.0. The fraction of sp³-hybridized carbons (Fsp3) is 0.250. The number of hydrogen-bond donors (Lipinski definition) is 1. The maximum Gasteiger partial charge on any atom is 0.408 e. The number of amides is 1. The summed E-state index contributed by atoms with van der Waals surface area (Å²) in [4.78, 5) is 16.1. The van der Waals surface area contributed by atoms with Gasteiger partial charge in [-0.1, -0.05) is 23.7 Å². The van der Waals surface area contributed by atoms with Gasteiger partial charge in [0.25, 0.3) is 0 Å². The molecule has 0 bridgehead atoms. The fourth-order valence-corrected chi connectivity index (χ4v) is 3.45. The summed E-state index contributed by atoms with van der Waals surface area (Å²) in [6.07, 6.45) is -3.51. The average molecular weight is 424 g/mol. The molecule has 0 unspecified atom stereocenters. The SMILES string of the molecule is CN1C(=O)C(F)(F)c2cc(SN[C@H](c3ccc(Cl)cc3)C(F)(F)F)cnc21. The number of carbonyl (C=O) groups is 1. The van der Waals surface area contributed by atoms with Crippen LogP contribution in [0.25, 0.3) is 0 Å². The number of hydrogen-bond acceptors (Lipinski definition) is 4. The second-order valence-electron chi connectivity index (χ2n) is 5.73. The van der Waals surface area contributed by atoms with Gasteiger partial charge in [0, 0.05) is 23.2 Å². The molecule has 11 heteroatoms. The summed E-state index contributed by atoms with van der Waals surface area (Å²) in [5.74, 6) is -5.43. The molecule has 4 nitrogen and oxygen atoms in total. The zero-order chi connectivity index (χ0) is 20.0. The predicted octanol–water partition coefficient (Wildman–Crippen LogP) is 4.70. The van der Waals surface area contributed by atoms with Gasteiger partial charge in [-0.2, -0.15) is 22.0 Å². The highest BCUT2D eigenvalue weighted by Crippen LogP contribution is 2.44. The molecule has 0 radical (unpaired) electrons. The smallest absolute Gasteiger partial charge is 0.294 e. The highest BCUT2D eigenvalue weighted by atomic mass is 35.5. The van der Waals surface area contributed by atoms with Crippen molar-refractivity contribution in [3.8, 4) is 0 Å². The van der Waals surface area contributed by atoms with Crippen LogP contribution < -0.4 is 9.62 Å². The lowest BCUT2D eigenvalue weighted by Gasteiger charge is -2.21. The number of anilines is 1. The van der Waals surface area contributed by atoms with E-state index in [0.717, 1.165) is 19.3 Å². The van der Waals surface area contributed by atoms with Crippen molar-refractivity contribution in [3.05, 3.63) is 52.7 Å². The number of nitrogens with one attached hydrogen (secondary N) is 1. The number of rotatable bonds is 4. The van der Waals surface area contributed by atoms with Crippen molar-refractivity contribution in [3.63, 3.8) is 0 Å². The van der Waals surface area contributed by atoms with Gasteiger partial charge in [0.05, 0.1) is 5.56 Å². The quantitative estimate of drug-likeness (QED) is 0.572. The normalized spacial score (nSPS) is 17.1. The minimum atomic E-state index is -4.63. The first kappa shape index (κ1) is 19.8. The van der Waals surface area contributed by atoms with Gasteiger partial charge in [-0.3, -0.25) is 9.69 Å². The van der Waals surface area contributed by atoms with Crippen molar-refractivity contribution >= 4 is 35.3 Å². The van der Waals surface area contributed by atoms with E-state index in [-0.39, 0.29) is 21.3 Å². The van der Waals surface area contributed by atoms with Crippen molar-refractivity contribution in [1.82, 2.24) is 9.71 Å². The third-order valence-corrected chi connectivity index (χ3v) is 4.96. The maximum absolute atomic E-state index is 14.0. The van der Waals surface area contributed by atoms with Crippen LogP contribution in [0.5, 0.6) is 0 Å². The Bertz CT molecular complexity index is 875. The molecule has 2 heterocycles. The van der Waals surface area contributed by atoms with E-state index in [0.29, 0.717) is 16.8 Å². The third-order valence-electron chi connectivity index (χ3n) is 3.90. The van der Waals surface area contributed by atoms with Gasteiger partial charge in [0.1, 0.15) is 11.9 Å². The summed E-state index contributed by atoms with van der Waals surface area (Å²) in [5, 5.41) is 0.283. The van der Waals surface area contributed by atoms with Gasteiger partial charge in [-0.15, -0.1) is 0 Å². The monoisotopic (exact) mass is 423 g/mol. The molecule has 0 aliphatic carbocycles. The minimum absolute atomic E-state index is 0.0136. The highest BCUT2D eigenvalue weighted by molar-refractivity contribution is 7.97. The van der Waals surface area contributed by atoms with E-state index in [4.69, 9.17) is 11.6 Å². The Labute approximate surface area is 159 Å². The van der Waals surface area contributed by atoms with Crippen molar-refractivity contribution in [2.24, 2.45) is 0 Å². The number of benzene rings is 1. The summed E-state index contributed by atoms with van der Waals surface area (Å²) in [6.45, 7) is 0. The summed E-state index contributed by atoms with van der Waals surface area (Å²) < 4.78 is 70.3. The van der Waals surface area contributed by atoms with E-state index in [1.165, 1.54) is 24.3 Å². The first-order chi connectivity index (χ1) is 12.5. The molecule has 1 aliphatic heterocycles. The van der Waals surface area contributed by atoms with Crippen LogP contribution in [0.2, 0.25) is 5.02 Å². The van der Waals surface area contributed by atoms with Gasteiger partial charge >= 0.3 is 18.0 Å². The number of aromatic nitrogens is 1. The first-order valence-electron chi connectivity index (χ1n) is 7.43. The van der Waals surface area contributed by atoms with Gasteiger partial charge in [0.2, 0.25) is 0 Å². The van der Waals surface area contributed by atoms with E-state index >= 15 is 0 Å². The van der Waals surface area contributed by atoms with Crippen LogP contribution in [-0.2, 0) is 10.7 Å². The molecule has 27 heavy (non-hydrogen) atoms. The van der Waals surface area contributed by atoms with Crippen molar-refractivity contribution < 1.29 is 26.7 Å². The molecule has 1 aromatic heterocycles. The van der Waals surface area contributed by atoms with Crippen LogP contribution >= 0.6 is 23.5 Å². The van der Waals surface area contributed by atoms with Crippen LogP contribution in [0.15, 0.2) is 41.4 Å². The van der Waals surface area contributed by atoms with Crippen molar-refractivity contribution in [1.29, 1.82) is 0 Å². The average Bonchev–Trinajstić information content (AvgIpc) is 2.76. The van der Waals surface area contributed by atoms with Crippen LogP contribution in [0.1, 0.15) is 17.2 Å². The standard InChI is InChI=1S/C16H11ClF5N3OS/c1-25-13-11(15(18,19)14(25)26)6-10(7-23-13)27-24-12(16(20,21)22)8-2-4-9(17)5-3-8/h2-7,12,24H,1H3/t12-/m1/s1. The number of nitrogens with zero attached hydrogens (tertiary/aromatic N) is 2. The lowest BCUT2D eigenvalue weighted by atomic mass is 10.1. The van der Waals surface area contributed by atoms with E-state index in [1.807, 2.05) is 0 Å². The number of carbonyl (C=O) groups excluding carboxylic acids is 1. The second-order valence-corrected chi connectivity index (χ2v) is 7.07. The number of likely N-dealkylation sites (N-methyl/N-ethyl adjacent to an activating group) is 1. The zero-order valence-electron chi connectivity index (χ0n) is 13.5. The van der Waals surface area contributed by atoms with Gasteiger partial charge in [-0.05, 0) is 35.7 Å². The molecule has 1 aromatic carbocycles. The molecular weight excluding hydrogens is 413 g/mol. The molecule has 144 valence electrons. The highest BCUT2D eigenvalue weighted by Gasteiger charge is 2.52. The number of fused-ring (bicyclic) bond motifs is 1. The lowest BCUT2D eigenvalue weighted by molar-refractivity contribution is -0.152. The van der Waals surface area contributed by atoms with Gasteiger partial charge in [-0.25, -0.2) is 9.71 Å². The summed E-state index contributed by atoms with van der Waals surface area (Å²) in [5.41, 5.74) is -0.731. The summed E-state index contributed by atoms with van der Waals surface area (Å²) in [6, 6.07) is 3.98. The topological polar surface area (TPSA) is 45.2 Å². The van der Waals surface area contributed by atoms with E-state index < -0.39 is 29.6 Å². The van der Waals surface area contributed by atoms with E-state index in [1.54, 1.807) is 0 Å². The molecule has 1 atom stereocenters. The molecule has 0 spiro atoms. The molecule has 0 fully saturated rings. The Balaban J connectivity index is 1.84. The Kier molecular flexibility index (Phi) is 5.08. The van der Waals surface area contributed by atoms with Gasteiger partial charge in [0.15, 0.2) is 0 Å². The predicted molar refractivity (Wildman–Crippen MR) is 90.8 cm³/mol. The van der Waals surface area contributed by atoms with Crippen LogP contribution in [0, 0.1) is 0 Å². The van der Waals surface area contributed by atoms with Crippen LogP contribution in [-0.4, -0.2) is 24.1 Å². The number of alkyl halides is 5. The molecule has 1 amide bonds. The van der Waals surface area contributed by atoms with Crippen molar-refractivity contribution in [2.45, 2.75) is 23.0 Å². The van der Waals surface area contributed by atoms with E-state index in [9.17, 15) is 26.7 Å². The lowest BCUT2D eigenvalue weighted by Crippen LogP contribution is -2.31. The Morgan fingerprint density at radius 1 is 1.26 bits per heavy atom. The zero-order valence-corrected chi connectivity index (χ0v) is 15.1. The molecule has 0 saturated carbocycles. The summed E-state index contributed by atoms with van der Waals surface area (Å²) in [7, 11) is 1.15. The summed E-state index contributed by atoms with van der Waals surface area (Å²) >= 11 is 6.19. The van der Waals surface area contributed by atoms with Crippen LogP contribution in [0.3, 0.4) is 0 Å². The van der Waals surface area contributed by atoms with Gasteiger partial charge < -0.3 is 0 Å². The Hall–Kier alpha value is -1.91. The molecular formula is C16H11ClF5N3OS. The first-order valence-corrected chi connectivity index (χ1v) is 8.62. The third kappa shape index (κ3) is 3.74. The Morgan fingerprint density at radius 2 is 1.89 bits per heavy atom. The fourth-order valence-electron chi connectivity index (χ4n) is 2.52. The number of pyridine rings is 1. The molecule has 3 rings (SSSR count). The molecule has 2 aromatic rings.